The van der Waals surface area contributed by atoms with Crippen molar-refractivity contribution in [2.45, 2.75) is 26.7 Å². The number of aromatic nitrogens is 2. The van der Waals surface area contributed by atoms with Crippen LogP contribution in [0.2, 0.25) is 5.02 Å². The predicted octanol–water partition coefficient (Wildman–Crippen LogP) is 3.90. The largest absolute Gasteiger partial charge is 0.352 e. The van der Waals surface area contributed by atoms with Crippen molar-refractivity contribution in [2.75, 3.05) is 6.54 Å². The number of hydrogen-bond acceptors (Lipinski definition) is 2. The van der Waals surface area contributed by atoms with E-state index in [1.165, 1.54) is 12.8 Å². The van der Waals surface area contributed by atoms with Gasteiger partial charge in [0.15, 0.2) is 0 Å². The molecule has 1 amide bonds. The molecule has 1 aliphatic rings. The lowest BCUT2D eigenvalue weighted by Gasteiger charge is -2.42. The Morgan fingerprint density at radius 2 is 2.05 bits per heavy atom. The molecule has 1 aromatic heterocycles. The number of amides is 1. The van der Waals surface area contributed by atoms with E-state index in [9.17, 15) is 4.79 Å². The van der Waals surface area contributed by atoms with Crippen molar-refractivity contribution in [3.8, 4) is 11.3 Å². The summed E-state index contributed by atoms with van der Waals surface area (Å²) in [6.45, 7) is 5.26. The van der Waals surface area contributed by atoms with Crippen molar-refractivity contribution < 1.29 is 4.79 Å². The Bertz CT molecular complexity index is 667. The van der Waals surface area contributed by atoms with Crippen molar-refractivity contribution in [3.05, 3.63) is 41.0 Å². The number of carbonyl (C=O) groups excluding carboxylic acids is 1. The van der Waals surface area contributed by atoms with Gasteiger partial charge in [-0.2, -0.15) is 5.10 Å². The highest BCUT2D eigenvalue weighted by molar-refractivity contribution is 6.30. The molecule has 4 nitrogen and oxygen atoms in total. The third kappa shape index (κ3) is 3.17. The number of halogens is 1. The minimum absolute atomic E-state index is 0.0802. The summed E-state index contributed by atoms with van der Waals surface area (Å²) in [6.07, 6.45) is 3.91. The fourth-order valence-corrected chi connectivity index (χ4v) is 3.40. The zero-order valence-corrected chi connectivity index (χ0v) is 13.6. The van der Waals surface area contributed by atoms with E-state index in [1.807, 2.05) is 12.1 Å². The summed E-state index contributed by atoms with van der Waals surface area (Å²) in [5.41, 5.74) is 2.63. The summed E-state index contributed by atoms with van der Waals surface area (Å²) >= 11 is 5.90. The first-order valence-electron chi connectivity index (χ1n) is 7.52. The Hall–Kier alpha value is -1.81. The lowest BCUT2D eigenvalue weighted by atomic mass is 9.64. The van der Waals surface area contributed by atoms with Gasteiger partial charge >= 0.3 is 0 Å². The first-order chi connectivity index (χ1) is 10.4. The predicted molar refractivity (Wildman–Crippen MR) is 87.9 cm³/mol. The van der Waals surface area contributed by atoms with Crippen molar-refractivity contribution in [2.24, 2.45) is 11.3 Å². The second-order valence-electron chi connectivity index (χ2n) is 6.81. The molecule has 1 heterocycles. The van der Waals surface area contributed by atoms with Gasteiger partial charge in [0.2, 0.25) is 0 Å². The topological polar surface area (TPSA) is 57.8 Å². The fourth-order valence-electron chi connectivity index (χ4n) is 3.27. The van der Waals surface area contributed by atoms with Gasteiger partial charge < -0.3 is 5.32 Å². The van der Waals surface area contributed by atoms with Crippen LogP contribution in [-0.4, -0.2) is 22.6 Å². The Labute approximate surface area is 135 Å². The molecule has 3 rings (SSSR count). The molecule has 5 heteroatoms. The molecule has 0 unspecified atom stereocenters. The highest BCUT2D eigenvalue weighted by Gasteiger charge is 2.35. The Balaban J connectivity index is 1.66. The van der Waals surface area contributed by atoms with Crippen molar-refractivity contribution in [1.82, 2.24) is 15.5 Å². The molecule has 0 aliphatic heterocycles. The molecule has 1 saturated carbocycles. The molecule has 0 spiro atoms. The van der Waals surface area contributed by atoms with Crippen LogP contribution in [0.25, 0.3) is 11.3 Å². The van der Waals surface area contributed by atoms with E-state index in [4.69, 9.17) is 11.6 Å². The Kier molecular flexibility index (Phi) is 3.96. The number of rotatable bonds is 4. The van der Waals surface area contributed by atoms with Gasteiger partial charge in [0, 0.05) is 17.1 Å². The van der Waals surface area contributed by atoms with Gasteiger partial charge in [0.25, 0.3) is 5.91 Å². The van der Waals surface area contributed by atoms with Gasteiger partial charge in [-0.05, 0) is 36.3 Å². The van der Waals surface area contributed by atoms with Gasteiger partial charge in [0.1, 0.15) is 0 Å². The van der Waals surface area contributed by atoms with Crippen LogP contribution < -0.4 is 5.32 Å². The van der Waals surface area contributed by atoms with E-state index in [2.05, 4.69) is 29.4 Å². The average Bonchev–Trinajstić information content (AvgIpc) is 2.92. The van der Waals surface area contributed by atoms with Gasteiger partial charge in [-0.25, -0.2) is 0 Å². The van der Waals surface area contributed by atoms with E-state index < -0.39 is 0 Å². The normalized spacial score (nSPS) is 17.0. The van der Waals surface area contributed by atoms with Crippen LogP contribution in [0.4, 0.5) is 0 Å². The number of carbonyl (C=O) groups is 1. The summed E-state index contributed by atoms with van der Waals surface area (Å²) in [7, 11) is 0. The number of H-pyrrole nitrogens is 1. The maximum Gasteiger partial charge on any atom is 0.255 e. The fraction of sp³-hybridized carbons (Fsp3) is 0.412. The van der Waals surface area contributed by atoms with Gasteiger partial charge in [-0.1, -0.05) is 37.6 Å². The van der Waals surface area contributed by atoms with E-state index in [0.29, 0.717) is 21.9 Å². The second kappa shape index (κ2) is 5.76. The highest BCUT2D eigenvalue weighted by atomic mass is 35.5. The van der Waals surface area contributed by atoms with Gasteiger partial charge in [0.05, 0.1) is 17.5 Å². The summed E-state index contributed by atoms with van der Waals surface area (Å²) in [5.74, 6) is 0.508. The maximum absolute atomic E-state index is 12.4. The molecule has 116 valence electrons. The number of nitrogens with zero attached hydrogens (tertiary/aromatic N) is 1. The first-order valence-corrected chi connectivity index (χ1v) is 7.90. The zero-order valence-electron chi connectivity index (χ0n) is 12.8. The number of nitrogens with one attached hydrogen (secondary N) is 2. The van der Waals surface area contributed by atoms with Gasteiger partial charge in [-0.3, -0.25) is 9.89 Å². The van der Waals surface area contributed by atoms with E-state index in [1.54, 1.807) is 18.3 Å². The third-order valence-corrected chi connectivity index (χ3v) is 4.50. The van der Waals surface area contributed by atoms with Crippen LogP contribution in [0.3, 0.4) is 0 Å². The summed E-state index contributed by atoms with van der Waals surface area (Å²) < 4.78 is 0. The zero-order chi connectivity index (χ0) is 15.7. The van der Waals surface area contributed by atoms with Crippen LogP contribution >= 0.6 is 11.6 Å². The summed E-state index contributed by atoms with van der Waals surface area (Å²) in [4.78, 5) is 12.4. The highest BCUT2D eigenvalue weighted by Crippen LogP contribution is 2.44. The lowest BCUT2D eigenvalue weighted by Crippen LogP contribution is -2.40. The van der Waals surface area contributed by atoms with Crippen molar-refractivity contribution in [1.29, 1.82) is 0 Å². The lowest BCUT2D eigenvalue weighted by molar-refractivity contribution is 0.0808. The van der Waals surface area contributed by atoms with E-state index in [0.717, 1.165) is 17.8 Å². The number of hydrogen-bond donors (Lipinski definition) is 2. The Morgan fingerprint density at radius 3 is 2.68 bits per heavy atom. The minimum Gasteiger partial charge on any atom is -0.352 e. The van der Waals surface area contributed by atoms with E-state index in [-0.39, 0.29) is 5.91 Å². The minimum atomic E-state index is -0.0802. The molecule has 0 bridgehead atoms. The molecule has 1 aliphatic carbocycles. The van der Waals surface area contributed by atoms with Crippen LogP contribution in [0.5, 0.6) is 0 Å². The summed E-state index contributed by atoms with van der Waals surface area (Å²) in [6, 6.07) is 7.36. The summed E-state index contributed by atoms with van der Waals surface area (Å²) in [5, 5.41) is 10.6. The molecule has 0 saturated heterocycles. The molecule has 2 N–H and O–H groups in total. The van der Waals surface area contributed by atoms with Crippen LogP contribution in [0, 0.1) is 11.3 Å². The number of aromatic amines is 1. The quantitative estimate of drug-likeness (QED) is 0.898. The van der Waals surface area contributed by atoms with E-state index >= 15 is 0 Å². The van der Waals surface area contributed by atoms with Crippen molar-refractivity contribution in [3.63, 3.8) is 0 Å². The average molecular weight is 318 g/mol. The first kappa shape index (κ1) is 15.1. The smallest absolute Gasteiger partial charge is 0.255 e. The molecular weight excluding hydrogens is 298 g/mol. The van der Waals surface area contributed by atoms with Crippen LogP contribution in [0.1, 0.15) is 37.0 Å². The standard InChI is InChI=1S/C17H20ClN3O/c1-17(2)7-11(8-17)9-19-16(22)14-10-20-21-15(14)12-3-5-13(18)6-4-12/h3-6,10-11H,7-9H2,1-2H3,(H,19,22)(H,20,21). The molecule has 1 aromatic carbocycles. The monoisotopic (exact) mass is 317 g/mol. The van der Waals surface area contributed by atoms with Crippen LogP contribution in [0.15, 0.2) is 30.5 Å². The van der Waals surface area contributed by atoms with Crippen LogP contribution in [-0.2, 0) is 0 Å². The van der Waals surface area contributed by atoms with Crippen molar-refractivity contribution >= 4 is 17.5 Å². The molecule has 22 heavy (non-hydrogen) atoms. The molecule has 0 radical (unpaired) electrons. The van der Waals surface area contributed by atoms with Gasteiger partial charge in [-0.15, -0.1) is 0 Å². The SMILES string of the molecule is CC1(C)CC(CNC(=O)c2cn[nH]c2-c2ccc(Cl)cc2)C1. The third-order valence-electron chi connectivity index (χ3n) is 4.25. The molecule has 2 aromatic rings. The number of benzene rings is 1. The molecule has 0 atom stereocenters. The second-order valence-corrected chi connectivity index (χ2v) is 7.25. The maximum atomic E-state index is 12.4. The Morgan fingerprint density at radius 1 is 1.36 bits per heavy atom. The molecular formula is C17H20ClN3O. The molecule has 1 fully saturated rings.